The number of hydrogen-bond acceptors (Lipinski definition) is 10. The first-order valence-corrected chi connectivity index (χ1v) is 19.8. The number of unbranched alkanes of at least 4 members (excludes halogenated alkanes) is 4. The number of aliphatic hydroxyl groups is 1. The molecule has 55 heavy (non-hydrogen) atoms. The predicted octanol–water partition coefficient (Wildman–Crippen LogP) is 4.27. The number of esters is 1. The standard InChI is InChI=1S/C42H56N4O9/c1-5-7-11-20-41(21-12-8-6-2)53-34-32-25-42(40(51)44-26-28-14-13-17-30(24-28)38(49)43-22-23-47)36(39(50)52-32)46(55-37(42)35(34)54-41)27-31-16-10-9-15-29(31)18-19-33(48)45(3)4/h9-10,13-19,24,32,34-37,47H,5-8,11-12,20-23,25-27H2,1-4H3,(H,43,49)(H,44,51)/t32-,34+,35+,36+,37-,42+/m1/s1. The molecule has 2 bridgehead atoms. The van der Waals surface area contributed by atoms with E-state index in [1.54, 1.807) is 43.4 Å². The van der Waals surface area contributed by atoms with E-state index in [4.69, 9.17) is 24.2 Å². The number of fused-ring (bicyclic) bond motifs is 4. The molecule has 2 aromatic rings. The second-order valence-corrected chi connectivity index (χ2v) is 15.3. The highest BCUT2D eigenvalue weighted by Crippen LogP contribution is 2.58. The predicted molar refractivity (Wildman–Crippen MR) is 204 cm³/mol. The summed E-state index contributed by atoms with van der Waals surface area (Å²) in [6, 6.07) is 13.4. The van der Waals surface area contributed by atoms with Crippen LogP contribution >= 0.6 is 0 Å². The number of carbonyl (C=O) groups excluding carboxylic acids is 4. The molecule has 3 saturated heterocycles. The Hall–Kier alpha value is -4.14. The summed E-state index contributed by atoms with van der Waals surface area (Å²) < 4.78 is 20.1. The Balaban J connectivity index is 1.34. The number of ether oxygens (including phenoxy) is 3. The lowest BCUT2D eigenvalue weighted by Crippen LogP contribution is -2.69. The normalized spacial score (nSPS) is 26.4. The van der Waals surface area contributed by atoms with Crippen LogP contribution in [0.4, 0.5) is 0 Å². The molecular formula is C42H56N4O9. The molecule has 1 saturated carbocycles. The summed E-state index contributed by atoms with van der Waals surface area (Å²) in [7, 11) is 3.36. The first-order chi connectivity index (χ1) is 26.6. The Morgan fingerprint density at radius 2 is 1.69 bits per heavy atom. The third kappa shape index (κ3) is 8.51. The molecule has 6 atom stereocenters. The van der Waals surface area contributed by atoms with Crippen molar-refractivity contribution >= 4 is 29.8 Å². The van der Waals surface area contributed by atoms with Gasteiger partial charge in [-0.2, -0.15) is 5.06 Å². The fourth-order valence-corrected chi connectivity index (χ4v) is 8.46. The zero-order valence-corrected chi connectivity index (χ0v) is 32.5. The molecule has 3 aliphatic heterocycles. The number of likely N-dealkylation sites (N-methyl/N-ethyl adjacent to an activating group) is 1. The Kier molecular flexibility index (Phi) is 13.1. The van der Waals surface area contributed by atoms with Gasteiger partial charge in [-0.05, 0) is 47.7 Å². The number of aliphatic hydroxyl groups excluding tert-OH is 1. The van der Waals surface area contributed by atoms with Crippen LogP contribution in [0.2, 0.25) is 0 Å². The van der Waals surface area contributed by atoms with Crippen molar-refractivity contribution in [2.45, 2.75) is 121 Å². The molecule has 13 nitrogen and oxygen atoms in total. The Labute approximate surface area is 323 Å². The van der Waals surface area contributed by atoms with E-state index in [9.17, 15) is 19.2 Å². The van der Waals surface area contributed by atoms with Crippen molar-refractivity contribution < 1.29 is 43.3 Å². The molecule has 3 heterocycles. The highest BCUT2D eigenvalue weighted by molar-refractivity contribution is 5.95. The molecule has 2 aromatic carbocycles. The Bertz CT molecular complexity index is 1720. The van der Waals surface area contributed by atoms with Crippen molar-refractivity contribution in [2.75, 3.05) is 27.2 Å². The van der Waals surface area contributed by atoms with E-state index in [0.29, 0.717) is 24.0 Å². The Morgan fingerprint density at radius 1 is 0.964 bits per heavy atom. The van der Waals surface area contributed by atoms with Crippen molar-refractivity contribution in [3.8, 4) is 0 Å². The van der Waals surface area contributed by atoms with E-state index < -0.39 is 47.6 Å². The van der Waals surface area contributed by atoms with Gasteiger partial charge in [-0.15, -0.1) is 0 Å². The summed E-state index contributed by atoms with van der Waals surface area (Å²) in [5, 5.41) is 16.5. The summed E-state index contributed by atoms with van der Waals surface area (Å²) in [4.78, 5) is 62.5. The van der Waals surface area contributed by atoms with Crippen LogP contribution in [-0.2, 0) is 46.5 Å². The van der Waals surface area contributed by atoms with Gasteiger partial charge in [0, 0.05) is 58.1 Å². The van der Waals surface area contributed by atoms with Crippen LogP contribution in [0.25, 0.3) is 6.08 Å². The number of nitrogens with one attached hydrogen (secondary N) is 2. The molecular weight excluding hydrogens is 704 g/mol. The van der Waals surface area contributed by atoms with Crippen molar-refractivity contribution in [3.05, 3.63) is 76.9 Å². The average Bonchev–Trinajstić information content (AvgIpc) is 3.74. The van der Waals surface area contributed by atoms with Gasteiger partial charge in [0.1, 0.15) is 29.8 Å². The summed E-state index contributed by atoms with van der Waals surface area (Å²) in [5.41, 5.74) is 1.27. The zero-order chi connectivity index (χ0) is 39.2. The number of hydroxylamine groups is 2. The molecule has 4 fully saturated rings. The van der Waals surface area contributed by atoms with Crippen molar-refractivity contribution in [2.24, 2.45) is 5.41 Å². The maximum absolute atomic E-state index is 14.9. The van der Waals surface area contributed by atoms with E-state index in [2.05, 4.69) is 24.5 Å². The smallest absolute Gasteiger partial charge is 0.327 e. The van der Waals surface area contributed by atoms with Gasteiger partial charge in [-0.25, -0.2) is 0 Å². The van der Waals surface area contributed by atoms with E-state index in [1.807, 2.05) is 30.3 Å². The molecule has 0 unspecified atom stereocenters. The molecule has 0 radical (unpaired) electrons. The molecule has 0 spiro atoms. The maximum Gasteiger partial charge on any atom is 0.327 e. The van der Waals surface area contributed by atoms with E-state index in [-0.39, 0.29) is 50.4 Å². The van der Waals surface area contributed by atoms with Crippen LogP contribution in [-0.4, -0.2) is 102 Å². The van der Waals surface area contributed by atoms with Gasteiger partial charge < -0.3 is 34.9 Å². The van der Waals surface area contributed by atoms with Crippen LogP contribution in [0, 0.1) is 5.41 Å². The van der Waals surface area contributed by atoms with Gasteiger partial charge in [0.2, 0.25) is 11.8 Å². The maximum atomic E-state index is 14.9. The minimum absolute atomic E-state index is 0.0951. The first kappa shape index (κ1) is 40.5. The molecule has 3 amide bonds. The van der Waals surface area contributed by atoms with Gasteiger partial charge >= 0.3 is 5.97 Å². The summed E-state index contributed by atoms with van der Waals surface area (Å²) in [5.74, 6) is -2.33. The minimum atomic E-state index is -1.38. The summed E-state index contributed by atoms with van der Waals surface area (Å²) in [6.07, 6.45) is 7.87. The molecule has 4 aliphatic rings. The van der Waals surface area contributed by atoms with E-state index in [0.717, 1.165) is 49.7 Å². The molecule has 6 rings (SSSR count). The van der Waals surface area contributed by atoms with Crippen LogP contribution in [0.5, 0.6) is 0 Å². The third-order valence-electron chi connectivity index (χ3n) is 11.3. The minimum Gasteiger partial charge on any atom is -0.458 e. The van der Waals surface area contributed by atoms with Gasteiger partial charge in [-0.3, -0.25) is 24.0 Å². The second-order valence-electron chi connectivity index (χ2n) is 15.3. The SMILES string of the molecule is CCCCCC1(CCCCC)O[C@@H]2[C@H](O1)[C@H]1ON(Cc3ccccc3C=CC(=O)N(C)C)[C@H]3C(=O)O[C@@H]2C[C@@]13C(=O)NCc1cccc(C(=O)NCCO)c1. The summed E-state index contributed by atoms with van der Waals surface area (Å²) >= 11 is 0. The number of hydrogen-bond donors (Lipinski definition) is 3. The van der Waals surface area contributed by atoms with Gasteiger partial charge in [-0.1, -0.05) is 75.9 Å². The van der Waals surface area contributed by atoms with E-state index in [1.165, 1.54) is 11.0 Å². The highest BCUT2D eigenvalue weighted by atomic mass is 16.8. The van der Waals surface area contributed by atoms with Crippen molar-refractivity contribution in [1.29, 1.82) is 0 Å². The van der Waals surface area contributed by atoms with Gasteiger partial charge in [0.25, 0.3) is 5.91 Å². The first-order valence-electron chi connectivity index (χ1n) is 19.8. The number of carbonyl (C=O) groups is 4. The Morgan fingerprint density at radius 3 is 2.40 bits per heavy atom. The number of amides is 3. The van der Waals surface area contributed by atoms with Crippen molar-refractivity contribution in [1.82, 2.24) is 20.6 Å². The zero-order valence-electron chi connectivity index (χ0n) is 32.5. The third-order valence-corrected chi connectivity index (χ3v) is 11.3. The largest absolute Gasteiger partial charge is 0.458 e. The lowest BCUT2D eigenvalue weighted by atomic mass is 9.62. The van der Waals surface area contributed by atoms with Crippen LogP contribution in [0.3, 0.4) is 0 Å². The summed E-state index contributed by atoms with van der Waals surface area (Å²) in [6.45, 7) is 4.48. The van der Waals surface area contributed by atoms with Crippen molar-refractivity contribution in [3.63, 3.8) is 0 Å². The number of nitrogens with zero attached hydrogens (tertiary/aromatic N) is 2. The quantitative estimate of drug-likeness (QED) is 0.114. The van der Waals surface area contributed by atoms with Crippen LogP contribution in [0.15, 0.2) is 54.6 Å². The number of rotatable bonds is 18. The average molecular weight is 761 g/mol. The van der Waals surface area contributed by atoms with E-state index >= 15 is 0 Å². The molecule has 0 aromatic heterocycles. The highest BCUT2D eigenvalue weighted by Gasteiger charge is 2.76. The molecule has 3 N–H and O–H groups in total. The lowest BCUT2D eigenvalue weighted by Gasteiger charge is -2.48. The lowest BCUT2D eigenvalue weighted by molar-refractivity contribution is -0.224. The van der Waals surface area contributed by atoms with Crippen LogP contribution in [0.1, 0.15) is 98.7 Å². The van der Waals surface area contributed by atoms with Crippen LogP contribution < -0.4 is 10.6 Å². The number of benzene rings is 2. The molecule has 298 valence electrons. The molecule has 13 heteroatoms. The topological polar surface area (TPSA) is 156 Å². The fourth-order valence-electron chi connectivity index (χ4n) is 8.46. The second kappa shape index (κ2) is 17.8. The fraction of sp³-hybridized carbons (Fsp3) is 0.571. The molecule has 1 aliphatic carbocycles. The monoisotopic (exact) mass is 760 g/mol. The van der Waals surface area contributed by atoms with Gasteiger partial charge in [0.05, 0.1) is 13.2 Å². The van der Waals surface area contributed by atoms with Gasteiger partial charge in [0.15, 0.2) is 11.8 Å².